The Morgan fingerprint density at radius 1 is 1.32 bits per heavy atom. The Labute approximate surface area is 116 Å². The summed E-state index contributed by atoms with van der Waals surface area (Å²) in [6.45, 7) is 7.01. The van der Waals surface area contributed by atoms with Gasteiger partial charge in [-0.25, -0.2) is 4.98 Å². The SMILES string of the molecule is CCN(CC)CC1Sc2nc3ccccc3n2C1=O. The first-order valence-corrected chi connectivity index (χ1v) is 7.53. The Balaban J connectivity index is 1.90. The van der Waals surface area contributed by atoms with Gasteiger partial charge in [-0.05, 0) is 25.2 Å². The predicted molar refractivity (Wildman–Crippen MR) is 77.8 cm³/mol. The Hall–Kier alpha value is -1.33. The fourth-order valence-corrected chi connectivity index (χ4v) is 3.64. The van der Waals surface area contributed by atoms with Crippen LogP contribution in [0, 0.1) is 0 Å². The summed E-state index contributed by atoms with van der Waals surface area (Å²) in [5, 5.41) is 0.815. The number of thioether (sulfide) groups is 1. The number of imidazole rings is 1. The maximum atomic E-state index is 12.5. The minimum atomic E-state index is -0.0213. The molecule has 2 heterocycles. The van der Waals surface area contributed by atoms with Gasteiger partial charge >= 0.3 is 0 Å². The van der Waals surface area contributed by atoms with Crippen LogP contribution in [0.1, 0.15) is 18.6 Å². The van der Waals surface area contributed by atoms with E-state index in [9.17, 15) is 4.79 Å². The molecule has 1 aliphatic heterocycles. The molecule has 0 saturated heterocycles. The molecular weight excluding hydrogens is 258 g/mol. The molecule has 0 radical (unpaired) electrons. The molecule has 1 aromatic heterocycles. The summed E-state index contributed by atoms with van der Waals surface area (Å²) in [7, 11) is 0. The zero-order chi connectivity index (χ0) is 13.4. The maximum Gasteiger partial charge on any atom is 0.248 e. The first kappa shape index (κ1) is 12.7. The zero-order valence-electron chi connectivity index (χ0n) is 11.2. The van der Waals surface area contributed by atoms with Crippen LogP contribution in [0.4, 0.5) is 0 Å². The molecule has 5 heteroatoms. The minimum absolute atomic E-state index is 0.0213. The molecule has 1 aliphatic rings. The summed E-state index contributed by atoms with van der Waals surface area (Å²) >= 11 is 1.59. The first-order chi connectivity index (χ1) is 9.24. The van der Waals surface area contributed by atoms with Crippen molar-refractivity contribution in [2.75, 3.05) is 19.6 Å². The first-order valence-electron chi connectivity index (χ1n) is 6.65. The lowest BCUT2D eigenvalue weighted by atomic mass is 10.3. The van der Waals surface area contributed by atoms with Crippen LogP contribution in [0.2, 0.25) is 0 Å². The highest BCUT2D eigenvalue weighted by molar-refractivity contribution is 8.01. The highest BCUT2D eigenvalue weighted by Crippen LogP contribution is 2.35. The smallest absolute Gasteiger partial charge is 0.248 e. The summed E-state index contributed by atoms with van der Waals surface area (Å²) in [6, 6.07) is 7.82. The van der Waals surface area contributed by atoms with E-state index >= 15 is 0 Å². The summed E-state index contributed by atoms with van der Waals surface area (Å²) in [5.41, 5.74) is 1.83. The Bertz CT molecular complexity index is 618. The maximum absolute atomic E-state index is 12.5. The third-order valence-electron chi connectivity index (χ3n) is 3.59. The van der Waals surface area contributed by atoms with Crippen LogP contribution in [0.3, 0.4) is 0 Å². The van der Waals surface area contributed by atoms with Gasteiger partial charge in [-0.1, -0.05) is 37.7 Å². The summed E-state index contributed by atoms with van der Waals surface area (Å²) in [5.74, 6) is 0.167. The highest BCUT2D eigenvalue weighted by Gasteiger charge is 2.34. The number of hydrogen-bond donors (Lipinski definition) is 0. The standard InChI is InChI=1S/C14H17N3OS/c1-3-16(4-2)9-12-13(18)17-11-8-6-5-7-10(11)15-14(17)19-12/h5-8,12H,3-4,9H2,1-2H3. The molecule has 1 aromatic carbocycles. The molecule has 2 aromatic rings. The number of carbonyl (C=O) groups is 1. The molecule has 1 atom stereocenters. The molecule has 0 aliphatic carbocycles. The van der Waals surface area contributed by atoms with Gasteiger partial charge in [-0.3, -0.25) is 9.36 Å². The van der Waals surface area contributed by atoms with Crippen molar-refractivity contribution < 1.29 is 4.79 Å². The van der Waals surface area contributed by atoms with Gasteiger partial charge in [0, 0.05) is 6.54 Å². The molecule has 0 spiro atoms. The van der Waals surface area contributed by atoms with Crippen molar-refractivity contribution in [3.63, 3.8) is 0 Å². The van der Waals surface area contributed by atoms with Gasteiger partial charge in [0.1, 0.15) is 5.25 Å². The summed E-state index contributed by atoms with van der Waals surface area (Å²) < 4.78 is 1.77. The number of para-hydroxylation sites is 2. The van der Waals surface area contributed by atoms with E-state index in [2.05, 4.69) is 23.7 Å². The second-order valence-corrected chi connectivity index (χ2v) is 5.82. The Kier molecular flexibility index (Phi) is 3.33. The quantitative estimate of drug-likeness (QED) is 0.859. The molecule has 4 nitrogen and oxygen atoms in total. The van der Waals surface area contributed by atoms with Crippen LogP contribution in [0.25, 0.3) is 11.0 Å². The lowest BCUT2D eigenvalue weighted by Crippen LogP contribution is -2.34. The predicted octanol–water partition coefficient (Wildman–Crippen LogP) is 2.49. The van der Waals surface area contributed by atoms with Crippen molar-refractivity contribution in [1.29, 1.82) is 0 Å². The van der Waals surface area contributed by atoms with Crippen molar-refractivity contribution in [2.24, 2.45) is 0 Å². The second kappa shape index (κ2) is 4.98. The monoisotopic (exact) mass is 275 g/mol. The van der Waals surface area contributed by atoms with E-state index in [0.29, 0.717) is 0 Å². The molecular formula is C14H17N3OS. The minimum Gasteiger partial charge on any atom is -0.302 e. The van der Waals surface area contributed by atoms with Crippen molar-refractivity contribution in [3.8, 4) is 0 Å². The Morgan fingerprint density at radius 2 is 2.05 bits per heavy atom. The molecule has 19 heavy (non-hydrogen) atoms. The number of hydrogen-bond acceptors (Lipinski definition) is 4. The molecule has 0 amide bonds. The van der Waals surface area contributed by atoms with E-state index in [1.54, 1.807) is 16.3 Å². The van der Waals surface area contributed by atoms with E-state index in [-0.39, 0.29) is 11.2 Å². The van der Waals surface area contributed by atoms with Gasteiger partial charge in [-0.2, -0.15) is 0 Å². The number of rotatable bonds is 4. The average Bonchev–Trinajstić information content (AvgIpc) is 2.93. The van der Waals surface area contributed by atoms with Crippen molar-refractivity contribution in [1.82, 2.24) is 14.5 Å². The van der Waals surface area contributed by atoms with Crippen molar-refractivity contribution in [2.45, 2.75) is 24.3 Å². The second-order valence-electron chi connectivity index (χ2n) is 4.65. The molecule has 100 valence electrons. The van der Waals surface area contributed by atoms with Gasteiger partial charge in [0.25, 0.3) is 0 Å². The number of benzene rings is 1. The van der Waals surface area contributed by atoms with Crippen molar-refractivity contribution in [3.05, 3.63) is 24.3 Å². The van der Waals surface area contributed by atoms with Gasteiger partial charge in [0.2, 0.25) is 5.91 Å². The normalized spacial score (nSPS) is 18.5. The van der Waals surface area contributed by atoms with Crippen LogP contribution in [-0.2, 0) is 0 Å². The van der Waals surface area contributed by atoms with Gasteiger partial charge in [0.15, 0.2) is 5.16 Å². The third-order valence-corrected chi connectivity index (χ3v) is 4.71. The van der Waals surface area contributed by atoms with Crippen molar-refractivity contribution >= 4 is 28.7 Å². The number of aromatic nitrogens is 2. The molecule has 0 N–H and O–H groups in total. The van der Waals surface area contributed by atoms with Gasteiger partial charge < -0.3 is 4.90 Å². The third kappa shape index (κ3) is 2.07. The largest absolute Gasteiger partial charge is 0.302 e. The molecule has 0 saturated carbocycles. The van der Waals surface area contributed by atoms with E-state index in [1.165, 1.54) is 0 Å². The van der Waals surface area contributed by atoms with Crippen LogP contribution in [0.5, 0.6) is 0 Å². The number of carbonyl (C=O) groups excluding carboxylic acids is 1. The summed E-state index contributed by atoms with van der Waals surface area (Å²) in [6.07, 6.45) is 0. The zero-order valence-corrected chi connectivity index (χ0v) is 12.0. The average molecular weight is 275 g/mol. The fraction of sp³-hybridized carbons (Fsp3) is 0.429. The van der Waals surface area contributed by atoms with E-state index in [0.717, 1.165) is 35.8 Å². The van der Waals surface area contributed by atoms with Crippen LogP contribution < -0.4 is 0 Å². The molecule has 0 bridgehead atoms. The van der Waals surface area contributed by atoms with Crippen LogP contribution in [-0.4, -0.2) is 45.2 Å². The van der Waals surface area contributed by atoms with Crippen LogP contribution in [0.15, 0.2) is 29.4 Å². The Morgan fingerprint density at radius 3 is 2.79 bits per heavy atom. The summed E-state index contributed by atoms with van der Waals surface area (Å²) in [4.78, 5) is 19.3. The topological polar surface area (TPSA) is 38.1 Å². The lowest BCUT2D eigenvalue weighted by molar-refractivity contribution is 0.0900. The highest BCUT2D eigenvalue weighted by atomic mass is 32.2. The van der Waals surface area contributed by atoms with E-state index < -0.39 is 0 Å². The molecule has 3 rings (SSSR count). The molecule has 0 fully saturated rings. The number of nitrogens with zero attached hydrogens (tertiary/aromatic N) is 3. The number of fused-ring (bicyclic) bond motifs is 3. The van der Waals surface area contributed by atoms with Crippen LogP contribution >= 0.6 is 11.8 Å². The van der Waals surface area contributed by atoms with E-state index in [4.69, 9.17) is 0 Å². The van der Waals surface area contributed by atoms with Gasteiger partial charge in [-0.15, -0.1) is 0 Å². The van der Waals surface area contributed by atoms with E-state index in [1.807, 2.05) is 24.3 Å². The molecule has 1 unspecified atom stereocenters. The lowest BCUT2D eigenvalue weighted by Gasteiger charge is -2.20. The fourth-order valence-electron chi connectivity index (χ4n) is 2.45. The van der Waals surface area contributed by atoms with Gasteiger partial charge in [0.05, 0.1) is 11.0 Å².